The minimum absolute atomic E-state index is 0.126. The van der Waals surface area contributed by atoms with Gasteiger partial charge < -0.3 is 24.8 Å². The normalized spacial score (nSPS) is 56.7. The molecule has 28 heavy (non-hydrogen) atoms. The van der Waals surface area contributed by atoms with Crippen molar-refractivity contribution in [2.75, 3.05) is 6.61 Å². The molecule has 4 aliphatic carbocycles. The average Bonchev–Trinajstić information content (AvgIpc) is 2.61. The largest absolute Gasteiger partial charge is 0.453 e. The van der Waals surface area contributed by atoms with Crippen LogP contribution in [-0.4, -0.2) is 63.2 Å². The van der Waals surface area contributed by atoms with Crippen molar-refractivity contribution in [3.05, 3.63) is 11.1 Å². The van der Waals surface area contributed by atoms with Crippen LogP contribution in [0.25, 0.3) is 0 Å². The third kappa shape index (κ3) is 1.46. The maximum Gasteiger partial charge on any atom is 0.303 e. The molecule has 154 valence electrons. The molecule has 4 fully saturated rings. The van der Waals surface area contributed by atoms with Crippen LogP contribution in [0.2, 0.25) is 0 Å². The molecular formula is C21H28O7. The van der Waals surface area contributed by atoms with Gasteiger partial charge in [-0.15, -0.1) is 0 Å². The molecule has 0 amide bonds. The number of carbonyl (C=O) groups excluding carboxylic acids is 2. The first-order chi connectivity index (χ1) is 12.9. The van der Waals surface area contributed by atoms with Crippen LogP contribution in [0.5, 0.6) is 0 Å². The van der Waals surface area contributed by atoms with Gasteiger partial charge in [0.2, 0.25) is 0 Å². The number of aliphatic hydroxyl groups excluding tert-OH is 2. The van der Waals surface area contributed by atoms with Crippen LogP contribution in [0, 0.1) is 16.2 Å². The first kappa shape index (κ1) is 18.7. The van der Waals surface area contributed by atoms with Crippen LogP contribution in [0.1, 0.15) is 53.4 Å². The van der Waals surface area contributed by atoms with Crippen LogP contribution < -0.4 is 0 Å². The second kappa shape index (κ2) is 4.89. The minimum Gasteiger partial charge on any atom is -0.453 e. The molecule has 3 N–H and O–H groups in total. The molecule has 0 aromatic carbocycles. The van der Waals surface area contributed by atoms with E-state index in [1.54, 1.807) is 6.92 Å². The number of carbonyl (C=O) groups is 2. The van der Waals surface area contributed by atoms with Gasteiger partial charge in [0.1, 0.15) is 12.2 Å². The zero-order chi connectivity index (χ0) is 20.5. The number of hydrogen-bond donors (Lipinski definition) is 3. The summed E-state index contributed by atoms with van der Waals surface area (Å²) < 4.78 is 11.7. The number of fused-ring (bicyclic) bond motifs is 1. The molecule has 1 heterocycles. The number of allylic oxidation sites excluding steroid dienone is 1. The number of rotatable bonds is 1. The molecule has 7 heteroatoms. The van der Waals surface area contributed by atoms with Crippen molar-refractivity contribution in [1.82, 2.24) is 0 Å². The third-order valence-electron chi connectivity index (χ3n) is 9.35. The highest BCUT2D eigenvalue weighted by Crippen LogP contribution is 2.85. The maximum absolute atomic E-state index is 13.6. The van der Waals surface area contributed by atoms with Crippen molar-refractivity contribution in [1.29, 1.82) is 0 Å². The van der Waals surface area contributed by atoms with E-state index < -0.39 is 57.5 Å². The second-order valence-corrected chi connectivity index (χ2v) is 9.94. The summed E-state index contributed by atoms with van der Waals surface area (Å²) in [6, 6.07) is 0. The van der Waals surface area contributed by atoms with Gasteiger partial charge >= 0.3 is 5.97 Å². The highest BCUT2D eigenvalue weighted by Gasteiger charge is 2.93. The number of ether oxygens (including phenoxy) is 2. The summed E-state index contributed by atoms with van der Waals surface area (Å²) in [5.41, 5.74) is -4.19. The zero-order valence-electron chi connectivity index (χ0n) is 16.7. The standard InChI is InChI=1S/C21H28O7/c1-10-5-6-19(26)8-21-17(3,16(25)15(24)14(10)18(19,21)4)12(23)7-13-20(21,9-27-13)28-11(2)22/h12-13,15,23-24,26H,5-9H2,1-4H3/t12-,13+,15+,17-,18-,19+,20-,21?/m0/s1. The maximum atomic E-state index is 13.6. The molecule has 1 spiro atoms. The second-order valence-electron chi connectivity index (χ2n) is 9.94. The lowest BCUT2D eigenvalue weighted by Gasteiger charge is -2.84. The minimum atomic E-state index is -1.38. The smallest absolute Gasteiger partial charge is 0.303 e. The number of aliphatic hydroxyl groups is 3. The Morgan fingerprint density at radius 1 is 1.29 bits per heavy atom. The molecule has 0 aromatic heterocycles. The Balaban J connectivity index is 1.86. The van der Waals surface area contributed by atoms with Crippen molar-refractivity contribution in [2.45, 2.75) is 82.9 Å². The highest BCUT2D eigenvalue weighted by molar-refractivity contribution is 5.96. The van der Waals surface area contributed by atoms with Gasteiger partial charge in [-0.2, -0.15) is 0 Å². The van der Waals surface area contributed by atoms with Crippen molar-refractivity contribution < 1.29 is 34.4 Å². The molecule has 0 bridgehead atoms. The van der Waals surface area contributed by atoms with Crippen molar-refractivity contribution in [3.8, 4) is 0 Å². The first-order valence-electron chi connectivity index (χ1n) is 10.1. The van der Waals surface area contributed by atoms with Crippen LogP contribution in [0.3, 0.4) is 0 Å². The van der Waals surface area contributed by atoms with E-state index in [1.165, 1.54) is 6.92 Å². The first-order valence-corrected chi connectivity index (χ1v) is 10.1. The molecule has 7 nitrogen and oxygen atoms in total. The predicted molar refractivity (Wildman–Crippen MR) is 96.0 cm³/mol. The highest BCUT2D eigenvalue weighted by atomic mass is 16.6. The van der Waals surface area contributed by atoms with Gasteiger partial charge in [0.05, 0.1) is 23.7 Å². The van der Waals surface area contributed by atoms with Crippen LogP contribution in [0.4, 0.5) is 0 Å². The molecule has 1 aliphatic heterocycles. The molecule has 5 aliphatic rings. The van der Waals surface area contributed by atoms with Crippen molar-refractivity contribution >= 4 is 11.8 Å². The molecule has 0 radical (unpaired) electrons. The Kier molecular flexibility index (Phi) is 3.27. The number of hydrogen-bond acceptors (Lipinski definition) is 7. The predicted octanol–water partition coefficient (Wildman–Crippen LogP) is 0.639. The summed E-state index contributed by atoms with van der Waals surface area (Å²) in [5.74, 6) is -0.926. The quantitative estimate of drug-likeness (QED) is 0.443. The molecule has 0 aromatic rings. The summed E-state index contributed by atoms with van der Waals surface area (Å²) in [4.78, 5) is 25.7. The van der Waals surface area contributed by atoms with E-state index in [0.717, 1.165) is 5.57 Å². The molecule has 1 unspecified atom stereocenters. The summed E-state index contributed by atoms with van der Waals surface area (Å²) in [6.07, 6.45) is -1.49. The fraction of sp³-hybridized carbons (Fsp3) is 0.810. The third-order valence-corrected chi connectivity index (χ3v) is 9.35. The van der Waals surface area contributed by atoms with E-state index in [1.807, 2.05) is 13.8 Å². The van der Waals surface area contributed by atoms with Crippen molar-refractivity contribution in [2.24, 2.45) is 16.2 Å². The van der Waals surface area contributed by atoms with Gasteiger partial charge in [0, 0.05) is 24.2 Å². The summed E-state index contributed by atoms with van der Waals surface area (Å²) in [5, 5.41) is 33.8. The van der Waals surface area contributed by atoms with Crippen LogP contribution in [0.15, 0.2) is 11.1 Å². The van der Waals surface area contributed by atoms with Gasteiger partial charge in [-0.1, -0.05) is 12.5 Å². The summed E-state index contributed by atoms with van der Waals surface area (Å²) in [6.45, 7) is 6.90. The van der Waals surface area contributed by atoms with E-state index in [2.05, 4.69) is 0 Å². The average molecular weight is 392 g/mol. The van der Waals surface area contributed by atoms with E-state index in [-0.39, 0.29) is 19.4 Å². The number of esters is 1. The van der Waals surface area contributed by atoms with E-state index in [9.17, 15) is 24.9 Å². The monoisotopic (exact) mass is 392 g/mol. The van der Waals surface area contributed by atoms with E-state index >= 15 is 0 Å². The molecule has 3 saturated carbocycles. The summed E-state index contributed by atoms with van der Waals surface area (Å²) >= 11 is 0. The molecule has 5 rings (SSSR count). The number of ketones is 1. The molecule has 1 saturated heterocycles. The molecular weight excluding hydrogens is 364 g/mol. The summed E-state index contributed by atoms with van der Waals surface area (Å²) in [7, 11) is 0. The number of Topliss-reactive ketones (excluding diaryl/α,β-unsaturated/α-hetero) is 1. The topological polar surface area (TPSA) is 113 Å². The fourth-order valence-electron chi connectivity index (χ4n) is 8.04. The van der Waals surface area contributed by atoms with Gasteiger partial charge in [-0.25, -0.2) is 0 Å². The van der Waals surface area contributed by atoms with Gasteiger partial charge in [0.25, 0.3) is 0 Å². The lowest BCUT2D eigenvalue weighted by molar-refractivity contribution is -0.438. The lowest BCUT2D eigenvalue weighted by Crippen LogP contribution is -2.94. The van der Waals surface area contributed by atoms with Gasteiger partial charge in [0.15, 0.2) is 11.4 Å². The Hall–Kier alpha value is -1.28. The lowest BCUT2D eigenvalue weighted by atomic mass is 9.21. The Morgan fingerprint density at radius 2 is 1.96 bits per heavy atom. The Morgan fingerprint density at radius 3 is 2.54 bits per heavy atom. The van der Waals surface area contributed by atoms with Gasteiger partial charge in [-0.3, -0.25) is 9.59 Å². The van der Waals surface area contributed by atoms with Crippen molar-refractivity contribution in [3.63, 3.8) is 0 Å². The fourth-order valence-corrected chi connectivity index (χ4v) is 8.04. The zero-order valence-corrected chi connectivity index (χ0v) is 16.7. The Labute approximate surface area is 163 Å². The van der Waals surface area contributed by atoms with Gasteiger partial charge in [-0.05, 0) is 38.7 Å². The Bertz CT molecular complexity index is 850. The SMILES string of the molecule is CC(=O)O[C@@]12CO[C@@H]1C[C@H](O)[C@@]1(C)C(=O)[C@H](O)C3=C(C)CC[C@@]4(O)CC21[C@@]34C. The van der Waals surface area contributed by atoms with Crippen LogP contribution >= 0.6 is 0 Å². The van der Waals surface area contributed by atoms with E-state index in [4.69, 9.17) is 9.47 Å². The molecule has 8 atom stereocenters. The van der Waals surface area contributed by atoms with E-state index in [0.29, 0.717) is 18.4 Å². The van der Waals surface area contributed by atoms with Crippen LogP contribution in [-0.2, 0) is 19.1 Å².